The summed E-state index contributed by atoms with van der Waals surface area (Å²) in [6.45, 7) is 4.27. The van der Waals surface area contributed by atoms with Crippen molar-refractivity contribution in [2.75, 3.05) is 32.6 Å². The number of hydrogen-bond acceptors (Lipinski definition) is 3. The Balaban J connectivity index is 4.14. The van der Waals surface area contributed by atoms with Crippen LogP contribution in [0.5, 0.6) is 0 Å². The third kappa shape index (κ3) is 7.52. The van der Waals surface area contributed by atoms with Gasteiger partial charge in [-0.2, -0.15) is 10.5 Å². The highest BCUT2D eigenvalue weighted by Gasteiger charge is 2.20. The number of nitrogens with one attached hydrogen (secondary N) is 1. The maximum atomic E-state index is 11.8. The van der Waals surface area contributed by atoms with E-state index >= 15 is 0 Å². The van der Waals surface area contributed by atoms with Crippen molar-refractivity contribution >= 4 is 22.3 Å². The van der Waals surface area contributed by atoms with Crippen LogP contribution in [0.1, 0.15) is 13.8 Å². The lowest BCUT2D eigenvalue weighted by molar-refractivity contribution is -0.125. The molecule has 0 heterocycles. The van der Waals surface area contributed by atoms with Crippen LogP contribution in [0, 0.1) is 5.92 Å². The van der Waals surface area contributed by atoms with E-state index in [0.29, 0.717) is 6.54 Å². The Morgan fingerprint density at radius 1 is 1.47 bits per heavy atom. The number of amides is 1. The number of hydrogen-bond donors (Lipinski definition) is 2. The molecule has 2 unspecified atom stereocenters. The Morgan fingerprint density at radius 3 is 2.41 bits per heavy atom. The average molecular weight is 262 g/mol. The van der Waals surface area contributed by atoms with Gasteiger partial charge in [-0.25, -0.2) is 0 Å². The Kier molecular flexibility index (Phi) is 7.66. The van der Waals surface area contributed by atoms with E-state index in [1.165, 1.54) is 0 Å². The molecule has 0 spiro atoms. The molecule has 0 fully saturated rings. The summed E-state index contributed by atoms with van der Waals surface area (Å²) in [5.41, 5.74) is 0. The third-order valence-electron chi connectivity index (χ3n) is 2.48. The molecule has 0 aliphatic heterocycles. The summed E-state index contributed by atoms with van der Waals surface area (Å²) in [5.74, 6) is 4.65. The summed E-state index contributed by atoms with van der Waals surface area (Å²) in [6.07, 6.45) is 1.48. The van der Waals surface area contributed by atoms with Crippen molar-refractivity contribution in [3.63, 3.8) is 0 Å². The molecule has 0 aliphatic rings. The van der Waals surface area contributed by atoms with Gasteiger partial charge in [0.15, 0.2) is 0 Å². The predicted octanol–water partition coefficient (Wildman–Crippen LogP) is 0.380. The molecular weight excluding hydrogens is 236 g/mol. The van der Waals surface area contributed by atoms with Crippen LogP contribution in [0.3, 0.4) is 0 Å². The summed E-state index contributed by atoms with van der Waals surface area (Å²) in [6, 6.07) is -0.226. The molecule has 0 saturated carbocycles. The van der Waals surface area contributed by atoms with Gasteiger partial charge in [0.1, 0.15) is 0 Å². The van der Waals surface area contributed by atoms with Gasteiger partial charge in [0.05, 0.1) is 12.1 Å². The van der Waals surface area contributed by atoms with Crippen molar-refractivity contribution in [1.29, 1.82) is 0 Å². The van der Waals surface area contributed by atoms with Crippen LogP contribution >= 0.6 is 10.5 Å². The number of carbonyl (C=O) groups is 1. The monoisotopic (exact) mass is 262 g/mol. The fourth-order valence-electron chi connectivity index (χ4n) is 1.50. The second kappa shape index (κ2) is 7.84. The molecule has 5 heteroatoms. The molecule has 0 bridgehead atoms. The molecule has 0 aromatic carbocycles. The van der Waals surface area contributed by atoms with E-state index < -0.39 is 6.10 Å². The minimum atomic E-state index is -0.541. The largest absolute Gasteiger partial charge is 0.390 e. The standard InChI is InChI=1S/C12H26N2O2S/c1-9(8-17(5)6)12(16)13-10(2)11(15)7-14(3)4/h9-11,15H,5,7-8H2,1-4,6H3,(H,13,16)/t9?,10-,11+,17?/m0/s1. The zero-order valence-corrected chi connectivity index (χ0v) is 12.4. The number of carbonyl (C=O) groups excluding carboxylic acids is 1. The molecule has 1 amide bonds. The molecular formula is C12H26N2O2S. The van der Waals surface area contributed by atoms with Gasteiger partial charge >= 0.3 is 0 Å². The first kappa shape index (κ1) is 16.6. The number of aliphatic hydroxyl groups excluding tert-OH is 1. The zero-order valence-electron chi connectivity index (χ0n) is 11.6. The Hall–Kier alpha value is -0.390. The average Bonchev–Trinajstić information content (AvgIpc) is 2.15. The number of rotatable bonds is 7. The van der Waals surface area contributed by atoms with Gasteiger partial charge in [-0.15, -0.1) is 0 Å². The first-order valence-corrected chi connectivity index (χ1v) is 7.76. The van der Waals surface area contributed by atoms with E-state index in [2.05, 4.69) is 11.2 Å². The highest BCUT2D eigenvalue weighted by molar-refractivity contribution is 8.13. The summed E-state index contributed by atoms with van der Waals surface area (Å²) in [4.78, 5) is 13.7. The minimum Gasteiger partial charge on any atom is -0.390 e. The van der Waals surface area contributed by atoms with Crippen LogP contribution in [0.2, 0.25) is 0 Å². The number of likely N-dealkylation sites (N-methyl/N-ethyl adjacent to an activating group) is 1. The van der Waals surface area contributed by atoms with Gasteiger partial charge in [-0.3, -0.25) is 4.79 Å². The Labute approximate surface area is 107 Å². The van der Waals surface area contributed by atoms with Gasteiger partial charge in [0.25, 0.3) is 0 Å². The SMILES string of the molecule is C=S(C)CC(C)C(=O)N[C@@H](C)[C@H](O)CN(C)C. The summed E-state index contributed by atoms with van der Waals surface area (Å²) in [7, 11) is 3.81. The van der Waals surface area contributed by atoms with Crippen LogP contribution in [0.15, 0.2) is 0 Å². The first-order valence-electron chi connectivity index (χ1n) is 5.79. The second-order valence-electron chi connectivity index (χ2n) is 4.98. The summed E-state index contributed by atoms with van der Waals surface area (Å²) in [5, 5.41) is 12.7. The normalized spacial score (nSPS) is 18.5. The maximum Gasteiger partial charge on any atom is 0.223 e. The lowest BCUT2D eigenvalue weighted by Gasteiger charge is -2.24. The van der Waals surface area contributed by atoms with E-state index in [1.54, 1.807) is 0 Å². The van der Waals surface area contributed by atoms with Crippen molar-refractivity contribution in [1.82, 2.24) is 10.2 Å². The Bertz CT molecular complexity index is 269. The number of nitrogens with zero attached hydrogens (tertiary/aromatic N) is 1. The van der Waals surface area contributed by atoms with Crippen LogP contribution in [0.25, 0.3) is 0 Å². The van der Waals surface area contributed by atoms with Crippen molar-refractivity contribution in [3.8, 4) is 0 Å². The van der Waals surface area contributed by atoms with Gasteiger partial charge < -0.3 is 15.3 Å². The van der Waals surface area contributed by atoms with Crippen LogP contribution in [-0.2, 0) is 4.79 Å². The van der Waals surface area contributed by atoms with Crippen LogP contribution in [0.4, 0.5) is 0 Å². The van der Waals surface area contributed by atoms with E-state index in [-0.39, 0.29) is 28.4 Å². The molecule has 0 aromatic rings. The fraction of sp³-hybridized carbons (Fsp3) is 0.833. The van der Waals surface area contributed by atoms with E-state index in [4.69, 9.17) is 0 Å². The van der Waals surface area contributed by atoms with Crippen molar-refractivity contribution < 1.29 is 9.90 Å². The number of aliphatic hydroxyl groups is 1. The van der Waals surface area contributed by atoms with Gasteiger partial charge in [0, 0.05) is 12.5 Å². The molecule has 17 heavy (non-hydrogen) atoms. The fourth-order valence-corrected chi connectivity index (χ4v) is 2.50. The van der Waals surface area contributed by atoms with Crippen LogP contribution in [-0.4, -0.2) is 66.6 Å². The van der Waals surface area contributed by atoms with E-state index in [1.807, 2.05) is 39.1 Å². The molecule has 4 nitrogen and oxygen atoms in total. The summed E-state index contributed by atoms with van der Waals surface area (Å²) >= 11 is 0. The summed E-state index contributed by atoms with van der Waals surface area (Å²) < 4.78 is 0. The highest BCUT2D eigenvalue weighted by atomic mass is 32.2. The van der Waals surface area contributed by atoms with Gasteiger partial charge in [-0.05, 0) is 33.0 Å². The van der Waals surface area contributed by atoms with E-state index in [0.717, 1.165) is 5.75 Å². The molecule has 0 radical (unpaired) electrons. The van der Waals surface area contributed by atoms with Crippen LogP contribution < -0.4 is 5.32 Å². The minimum absolute atomic E-state index is 0.00157. The first-order chi connectivity index (χ1) is 7.73. The van der Waals surface area contributed by atoms with Crippen molar-refractivity contribution in [2.45, 2.75) is 26.0 Å². The van der Waals surface area contributed by atoms with Crippen molar-refractivity contribution in [3.05, 3.63) is 0 Å². The van der Waals surface area contributed by atoms with E-state index in [9.17, 15) is 9.90 Å². The molecule has 2 N–H and O–H groups in total. The van der Waals surface area contributed by atoms with Crippen molar-refractivity contribution in [2.24, 2.45) is 5.92 Å². The third-order valence-corrected chi connectivity index (χ3v) is 3.55. The predicted molar refractivity (Wildman–Crippen MR) is 76.8 cm³/mol. The van der Waals surface area contributed by atoms with Gasteiger partial charge in [0.2, 0.25) is 5.91 Å². The Morgan fingerprint density at radius 2 is 2.00 bits per heavy atom. The molecule has 4 atom stereocenters. The quantitative estimate of drug-likeness (QED) is 0.652. The molecule has 102 valence electrons. The maximum absolute atomic E-state index is 11.8. The molecule has 0 saturated heterocycles. The molecule has 0 rings (SSSR count). The zero-order chi connectivity index (χ0) is 13.6. The topological polar surface area (TPSA) is 52.6 Å². The van der Waals surface area contributed by atoms with Gasteiger partial charge in [-0.1, -0.05) is 12.8 Å². The highest BCUT2D eigenvalue weighted by Crippen LogP contribution is 2.10. The second-order valence-corrected chi connectivity index (χ2v) is 6.87. The lowest BCUT2D eigenvalue weighted by atomic mass is 10.1. The lowest BCUT2D eigenvalue weighted by Crippen LogP contribution is -2.47. The molecule has 0 aromatic heterocycles. The smallest absolute Gasteiger partial charge is 0.223 e. The molecule has 0 aliphatic carbocycles.